The van der Waals surface area contributed by atoms with E-state index in [1.807, 2.05) is 49.5 Å². The summed E-state index contributed by atoms with van der Waals surface area (Å²) in [7, 11) is -2.13. The lowest BCUT2D eigenvalue weighted by molar-refractivity contribution is -0.140. The molecule has 0 unspecified atom stereocenters. The van der Waals surface area contributed by atoms with Crippen LogP contribution in [0.2, 0.25) is 0 Å². The number of aromatic nitrogens is 1. The Morgan fingerprint density at radius 2 is 1.76 bits per heavy atom. The summed E-state index contributed by atoms with van der Waals surface area (Å²) in [5.74, 6) is -0.210. The molecule has 0 saturated carbocycles. The van der Waals surface area contributed by atoms with E-state index in [2.05, 4.69) is 15.8 Å². The van der Waals surface area contributed by atoms with E-state index in [1.165, 1.54) is 7.11 Å². The molecule has 2 aromatic carbocycles. The van der Waals surface area contributed by atoms with Gasteiger partial charge in [-0.1, -0.05) is 54.1 Å². The van der Waals surface area contributed by atoms with Gasteiger partial charge in [-0.05, 0) is 61.1 Å². The van der Waals surface area contributed by atoms with Crippen molar-refractivity contribution in [2.24, 2.45) is 0 Å². The molecule has 3 aromatic rings. The molecule has 1 aromatic heterocycles. The highest BCUT2D eigenvalue weighted by molar-refractivity contribution is 7.89. The Morgan fingerprint density at radius 3 is 2.41 bits per heavy atom. The number of carbonyl (C=O) groups excluding carboxylic acids is 1. The van der Waals surface area contributed by atoms with Crippen LogP contribution in [0.1, 0.15) is 41.5 Å². The van der Waals surface area contributed by atoms with Gasteiger partial charge in [0.25, 0.3) is 0 Å². The van der Waals surface area contributed by atoms with E-state index in [0.717, 1.165) is 34.2 Å². The zero-order valence-electron chi connectivity index (χ0n) is 19.5. The largest absolute Gasteiger partial charge is 0.469 e. The van der Waals surface area contributed by atoms with Crippen molar-refractivity contribution in [3.63, 3.8) is 0 Å². The predicted octanol–water partition coefficient (Wildman–Crippen LogP) is 4.69. The molecule has 0 bridgehead atoms. The van der Waals surface area contributed by atoms with Gasteiger partial charge in [-0.25, -0.2) is 13.1 Å². The molecule has 0 spiro atoms. The smallest absolute Gasteiger partial charge is 0.305 e. The summed E-state index contributed by atoms with van der Waals surface area (Å²) in [6.45, 7) is 2.24. The molecule has 0 saturated heterocycles. The number of ether oxygens (including phenoxy) is 1. The van der Waals surface area contributed by atoms with Crippen molar-refractivity contribution in [2.45, 2.75) is 37.5 Å². The van der Waals surface area contributed by atoms with E-state index in [-0.39, 0.29) is 10.9 Å². The number of carbonyl (C=O) groups is 1. The number of nitrogens with one attached hydrogen (secondary N) is 1. The lowest BCUT2D eigenvalue weighted by Crippen LogP contribution is -2.26. The molecule has 0 atom stereocenters. The Morgan fingerprint density at radius 1 is 1.03 bits per heavy atom. The van der Waals surface area contributed by atoms with Gasteiger partial charge in [0.1, 0.15) is 0 Å². The topological polar surface area (TPSA) is 85.4 Å². The first-order valence-corrected chi connectivity index (χ1v) is 12.7. The maximum atomic E-state index is 12.5. The molecule has 34 heavy (non-hydrogen) atoms. The summed E-state index contributed by atoms with van der Waals surface area (Å²) >= 11 is 0. The van der Waals surface area contributed by atoms with E-state index in [1.54, 1.807) is 30.5 Å². The standard InChI is InChI=1S/C27H30N2O4S/c1-21-9-15-25(16-10-21)34(31,32)29-19-17-22-11-13-23(14-12-22)26(24-6-5-18-28-20-24)7-3-4-8-27(30)33-2/h5-7,9-16,18,20,29H,3-4,8,17,19H2,1-2H3/b26-7+. The molecule has 0 fully saturated rings. The number of aryl methyl sites for hydroxylation is 1. The fourth-order valence-corrected chi connectivity index (χ4v) is 4.53. The fourth-order valence-electron chi connectivity index (χ4n) is 3.50. The third kappa shape index (κ3) is 7.37. The minimum atomic E-state index is -3.52. The van der Waals surface area contributed by atoms with Crippen LogP contribution < -0.4 is 4.72 Å². The van der Waals surface area contributed by atoms with Crippen LogP contribution in [-0.4, -0.2) is 33.0 Å². The van der Waals surface area contributed by atoms with Crippen LogP contribution in [0, 0.1) is 6.92 Å². The summed E-state index contributed by atoms with van der Waals surface area (Å²) < 4.78 is 32.3. The number of hydrogen-bond donors (Lipinski definition) is 1. The second kappa shape index (κ2) is 12.3. The van der Waals surface area contributed by atoms with Crippen LogP contribution in [0.3, 0.4) is 0 Å². The molecule has 0 aliphatic heterocycles. The summed E-state index contributed by atoms with van der Waals surface area (Å²) in [5.41, 5.74) is 5.13. The fraction of sp³-hybridized carbons (Fsp3) is 0.259. The van der Waals surface area contributed by atoms with Gasteiger partial charge in [0, 0.05) is 30.9 Å². The lowest BCUT2D eigenvalue weighted by atomic mass is 9.96. The highest BCUT2D eigenvalue weighted by Crippen LogP contribution is 2.24. The SMILES string of the molecule is COC(=O)CCC/C=C(\c1ccc(CCNS(=O)(=O)c2ccc(C)cc2)cc1)c1cccnc1. The number of hydrogen-bond acceptors (Lipinski definition) is 5. The van der Waals surface area contributed by atoms with Crippen LogP contribution in [0.5, 0.6) is 0 Å². The molecule has 0 aliphatic carbocycles. The lowest BCUT2D eigenvalue weighted by Gasteiger charge is -2.11. The van der Waals surface area contributed by atoms with E-state index >= 15 is 0 Å². The molecule has 0 radical (unpaired) electrons. The first-order valence-electron chi connectivity index (χ1n) is 11.2. The first-order chi connectivity index (χ1) is 16.4. The average molecular weight is 479 g/mol. The van der Waals surface area contributed by atoms with Crippen LogP contribution in [0.15, 0.2) is 84.0 Å². The minimum Gasteiger partial charge on any atom is -0.469 e. The zero-order chi connectivity index (χ0) is 24.4. The number of allylic oxidation sites excluding steroid dienone is 1. The number of sulfonamides is 1. The van der Waals surface area contributed by atoms with Crippen molar-refractivity contribution in [2.75, 3.05) is 13.7 Å². The number of unbranched alkanes of at least 4 members (excludes halogenated alkanes) is 1. The van der Waals surface area contributed by atoms with Gasteiger partial charge in [0.2, 0.25) is 10.0 Å². The van der Waals surface area contributed by atoms with Crippen molar-refractivity contribution in [3.05, 3.63) is 101 Å². The Balaban J connectivity index is 1.65. The van der Waals surface area contributed by atoms with Crippen molar-refractivity contribution in [3.8, 4) is 0 Å². The summed E-state index contributed by atoms with van der Waals surface area (Å²) in [5, 5.41) is 0. The van der Waals surface area contributed by atoms with E-state index < -0.39 is 10.0 Å². The molecular formula is C27H30N2O4S. The molecule has 178 valence electrons. The van der Waals surface area contributed by atoms with Gasteiger partial charge in [-0.2, -0.15) is 0 Å². The van der Waals surface area contributed by atoms with Gasteiger partial charge < -0.3 is 4.74 Å². The van der Waals surface area contributed by atoms with E-state index in [4.69, 9.17) is 4.74 Å². The molecule has 1 heterocycles. The molecule has 0 amide bonds. The van der Waals surface area contributed by atoms with Crippen molar-refractivity contribution < 1.29 is 17.9 Å². The maximum absolute atomic E-state index is 12.5. The molecular weight excluding hydrogens is 448 g/mol. The number of nitrogens with zero attached hydrogens (tertiary/aromatic N) is 1. The Kier molecular flexibility index (Phi) is 9.13. The van der Waals surface area contributed by atoms with Crippen molar-refractivity contribution in [1.29, 1.82) is 0 Å². The van der Waals surface area contributed by atoms with E-state index in [9.17, 15) is 13.2 Å². The predicted molar refractivity (Wildman–Crippen MR) is 134 cm³/mol. The number of rotatable bonds is 11. The Hall–Kier alpha value is -3.29. The summed E-state index contributed by atoms with van der Waals surface area (Å²) in [6.07, 6.45) is 8.07. The molecule has 7 heteroatoms. The van der Waals surface area contributed by atoms with Gasteiger partial charge in [0.15, 0.2) is 0 Å². The van der Waals surface area contributed by atoms with Crippen LogP contribution in [0.4, 0.5) is 0 Å². The highest BCUT2D eigenvalue weighted by Gasteiger charge is 2.13. The van der Waals surface area contributed by atoms with Gasteiger partial charge in [0.05, 0.1) is 12.0 Å². The third-order valence-electron chi connectivity index (χ3n) is 5.44. The Bertz CT molecular complexity index is 1200. The third-order valence-corrected chi connectivity index (χ3v) is 6.91. The van der Waals surface area contributed by atoms with Crippen molar-refractivity contribution >= 4 is 21.6 Å². The van der Waals surface area contributed by atoms with Crippen LogP contribution in [-0.2, 0) is 26.0 Å². The zero-order valence-corrected chi connectivity index (χ0v) is 20.3. The Labute approximate surface area is 201 Å². The van der Waals surface area contributed by atoms with Crippen LogP contribution >= 0.6 is 0 Å². The van der Waals surface area contributed by atoms with E-state index in [0.29, 0.717) is 25.8 Å². The van der Waals surface area contributed by atoms with Gasteiger partial charge in [-0.15, -0.1) is 0 Å². The monoisotopic (exact) mass is 478 g/mol. The minimum absolute atomic E-state index is 0.210. The number of methoxy groups -OCH3 is 1. The normalized spacial score (nSPS) is 11.9. The van der Waals surface area contributed by atoms with Gasteiger partial charge >= 0.3 is 5.97 Å². The maximum Gasteiger partial charge on any atom is 0.305 e. The number of esters is 1. The average Bonchev–Trinajstić information content (AvgIpc) is 2.85. The number of benzene rings is 2. The molecule has 3 rings (SSSR count). The quantitative estimate of drug-likeness (QED) is 0.319. The summed E-state index contributed by atoms with van der Waals surface area (Å²) in [6, 6.07) is 18.8. The highest BCUT2D eigenvalue weighted by atomic mass is 32.2. The second-order valence-electron chi connectivity index (χ2n) is 7.99. The molecule has 6 nitrogen and oxygen atoms in total. The summed E-state index contributed by atoms with van der Waals surface area (Å²) in [4.78, 5) is 15.9. The first kappa shape index (κ1) is 25.3. The van der Waals surface area contributed by atoms with Gasteiger partial charge in [-0.3, -0.25) is 9.78 Å². The van der Waals surface area contributed by atoms with Crippen molar-refractivity contribution in [1.82, 2.24) is 9.71 Å². The molecule has 1 N–H and O–H groups in total. The number of pyridine rings is 1. The molecule has 0 aliphatic rings. The second-order valence-corrected chi connectivity index (χ2v) is 9.75. The van der Waals surface area contributed by atoms with Crippen LogP contribution in [0.25, 0.3) is 5.57 Å².